The number of aliphatic imine (C=N–C) groups is 1. The normalized spacial score (nSPS) is 11.5. The van der Waals surface area contributed by atoms with Crippen molar-refractivity contribution in [3.05, 3.63) is 24.3 Å². The number of benzene rings is 1. The Morgan fingerprint density at radius 1 is 1.32 bits per heavy atom. The Kier molecular flexibility index (Phi) is 6.74. The summed E-state index contributed by atoms with van der Waals surface area (Å²) in [6.45, 7) is 6.90. The van der Waals surface area contributed by atoms with Gasteiger partial charge in [-0.2, -0.15) is 0 Å². The summed E-state index contributed by atoms with van der Waals surface area (Å²) in [7, 11) is 0. The van der Waals surface area contributed by atoms with Gasteiger partial charge in [-0.15, -0.1) is 0 Å². The first kappa shape index (κ1) is 15.3. The molecular weight excluding hydrogens is 240 g/mol. The average molecular weight is 264 g/mol. The largest absolute Gasteiger partial charge is 0.491 e. The molecule has 0 fully saturated rings. The minimum absolute atomic E-state index is 0.177. The maximum Gasteiger partial charge on any atom is 0.210 e. The number of nitrogens with one attached hydrogen (secondary N) is 2. The van der Waals surface area contributed by atoms with Crippen LogP contribution < -0.4 is 21.3 Å². The van der Waals surface area contributed by atoms with E-state index in [0.717, 1.165) is 30.8 Å². The number of hydrogen-bond donors (Lipinski definition) is 3. The molecule has 0 aliphatic rings. The Morgan fingerprint density at radius 3 is 2.53 bits per heavy atom. The first-order chi connectivity index (χ1) is 9.15. The summed E-state index contributed by atoms with van der Waals surface area (Å²) in [5, 5.41) is 3.13. The first-order valence-electron chi connectivity index (χ1n) is 6.70. The lowest BCUT2D eigenvalue weighted by molar-refractivity contribution is 0.242. The summed E-state index contributed by atoms with van der Waals surface area (Å²) in [4.78, 5) is 4.34. The highest BCUT2D eigenvalue weighted by atomic mass is 16.5. The Bertz CT molecular complexity index is 387. The molecule has 106 valence electrons. The van der Waals surface area contributed by atoms with Crippen molar-refractivity contribution in [1.29, 1.82) is 0 Å². The van der Waals surface area contributed by atoms with Crippen LogP contribution in [-0.4, -0.2) is 18.6 Å². The molecule has 1 aromatic rings. The molecule has 4 N–H and O–H groups in total. The van der Waals surface area contributed by atoms with Crippen molar-refractivity contribution in [1.82, 2.24) is 5.43 Å². The lowest BCUT2D eigenvalue weighted by atomic mass is 10.3. The van der Waals surface area contributed by atoms with Gasteiger partial charge in [0.15, 0.2) is 0 Å². The van der Waals surface area contributed by atoms with Gasteiger partial charge in [-0.25, -0.2) is 5.84 Å². The number of hydrogen-bond acceptors (Lipinski definition) is 3. The van der Waals surface area contributed by atoms with Gasteiger partial charge in [0.1, 0.15) is 5.75 Å². The van der Waals surface area contributed by atoms with Gasteiger partial charge < -0.3 is 10.1 Å². The highest BCUT2D eigenvalue weighted by Crippen LogP contribution is 2.16. The van der Waals surface area contributed by atoms with Crippen molar-refractivity contribution in [3.8, 4) is 5.75 Å². The van der Waals surface area contributed by atoms with E-state index in [1.54, 1.807) is 0 Å². The Morgan fingerprint density at radius 2 is 2.00 bits per heavy atom. The molecule has 5 heteroatoms. The topological polar surface area (TPSA) is 71.7 Å². The number of unbranched alkanes of at least 4 members (excludes halogenated alkanes) is 1. The monoisotopic (exact) mass is 264 g/mol. The smallest absolute Gasteiger partial charge is 0.210 e. The zero-order valence-corrected chi connectivity index (χ0v) is 11.9. The van der Waals surface area contributed by atoms with Crippen molar-refractivity contribution < 1.29 is 4.74 Å². The minimum Gasteiger partial charge on any atom is -0.491 e. The molecule has 0 atom stereocenters. The molecule has 1 aromatic carbocycles. The number of anilines is 1. The number of nitrogens with zero attached hydrogens (tertiary/aromatic N) is 1. The van der Waals surface area contributed by atoms with E-state index in [-0.39, 0.29) is 6.10 Å². The molecular formula is C14H24N4O. The molecule has 0 aliphatic heterocycles. The lowest BCUT2D eigenvalue weighted by Gasteiger charge is -2.12. The van der Waals surface area contributed by atoms with Crippen LogP contribution >= 0.6 is 0 Å². The zero-order valence-electron chi connectivity index (χ0n) is 11.9. The summed E-state index contributed by atoms with van der Waals surface area (Å²) >= 11 is 0. The lowest BCUT2D eigenvalue weighted by Crippen LogP contribution is -2.36. The number of nitrogens with two attached hydrogens (primary N) is 1. The van der Waals surface area contributed by atoms with Gasteiger partial charge in [-0.1, -0.05) is 13.3 Å². The quantitative estimate of drug-likeness (QED) is 0.243. The highest BCUT2D eigenvalue weighted by Gasteiger charge is 2.00. The van der Waals surface area contributed by atoms with E-state index in [1.165, 1.54) is 0 Å². The SMILES string of the molecule is CCCCN=C(NN)Nc1ccc(OC(C)C)cc1. The third kappa shape index (κ3) is 6.10. The second kappa shape index (κ2) is 8.37. The van der Waals surface area contributed by atoms with Crippen LogP contribution in [-0.2, 0) is 0 Å². The minimum atomic E-state index is 0.177. The van der Waals surface area contributed by atoms with Crippen LogP contribution in [0.2, 0.25) is 0 Å². The Labute approximate surface area is 115 Å². The first-order valence-corrected chi connectivity index (χ1v) is 6.70. The molecule has 0 spiro atoms. The van der Waals surface area contributed by atoms with Crippen LogP contribution in [0.4, 0.5) is 5.69 Å². The van der Waals surface area contributed by atoms with E-state index in [1.807, 2.05) is 38.1 Å². The molecule has 1 rings (SSSR count). The zero-order chi connectivity index (χ0) is 14.1. The van der Waals surface area contributed by atoms with Gasteiger partial charge in [0.05, 0.1) is 6.10 Å². The summed E-state index contributed by atoms with van der Waals surface area (Å²) in [6, 6.07) is 7.71. The molecule has 0 saturated carbocycles. The van der Waals surface area contributed by atoms with Gasteiger partial charge >= 0.3 is 0 Å². The predicted octanol–water partition coefficient (Wildman–Crippen LogP) is 2.51. The number of guanidine groups is 1. The second-order valence-corrected chi connectivity index (χ2v) is 4.54. The van der Waals surface area contributed by atoms with Crippen LogP contribution in [0.15, 0.2) is 29.3 Å². The van der Waals surface area contributed by atoms with Crippen molar-refractivity contribution >= 4 is 11.6 Å². The fraction of sp³-hybridized carbons (Fsp3) is 0.500. The molecule has 5 nitrogen and oxygen atoms in total. The average Bonchev–Trinajstić information content (AvgIpc) is 2.39. The number of hydrazine groups is 1. The van der Waals surface area contributed by atoms with E-state index in [0.29, 0.717) is 5.96 Å². The third-order valence-electron chi connectivity index (χ3n) is 2.41. The summed E-state index contributed by atoms with van der Waals surface area (Å²) in [5.41, 5.74) is 3.48. The molecule has 0 saturated heterocycles. The number of ether oxygens (including phenoxy) is 1. The Hall–Kier alpha value is -1.75. The van der Waals surface area contributed by atoms with Crippen LogP contribution in [0.1, 0.15) is 33.6 Å². The van der Waals surface area contributed by atoms with Crippen LogP contribution in [0.5, 0.6) is 5.75 Å². The fourth-order valence-corrected chi connectivity index (χ4v) is 1.50. The van der Waals surface area contributed by atoms with Crippen molar-refractivity contribution in [2.75, 3.05) is 11.9 Å². The van der Waals surface area contributed by atoms with Gasteiger partial charge in [0.2, 0.25) is 5.96 Å². The van der Waals surface area contributed by atoms with E-state index in [9.17, 15) is 0 Å². The Balaban J connectivity index is 2.57. The molecule has 0 aliphatic carbocycles. The van der Waals surface area contributed by atoms with Gasteiger partial charge in [-0.3, -0.25) is 10.4 Å². The van der Waals surface area contributed by atoms with E-state index in [4.69, 9.17) is 10.6 Å². The molecule has 0 unspecified atom stereocenters. The molecule has 0 heterocycles. The maximum absolute atomic E-state index is 5.58. The third-order valence-corrected chi connectivity index (χ3v) is 2.41. The van der Waals surface area contributed by atoms with Crippen LogP contribution in [0.25, 0.3) is 0 Å². The van der Waals surface area contributed by atoms with E-state index < -0.39 is 0 Å². The van der Waals surface area contributed by atoms with E-state index >= 15 is 0 Å². The van der Waals surface area contributed by atoms with Crippen molar-refractivity contribution in [2.45, 2.75) is 39.7 Å². The van der Waals surface area contributed by atoms with Crippen molar-refractivity contribution in [2.24, 2.45) is 10.8 Å². The summed E-state index contributed by atoms with van der Waals surface area (Å²) in [5.74, 6) is 6.86. The van der Waals surface area contributed by atoms with Crippen LogP contribution in [0, 0.1) is 0 Å². The maximum atomic E-state index is 5.58. The van der Waals surface area contributed by atoms with Gasteiger partial charge in [-0.05, 0) is 44.5 Å². The van der Waals surface area contributed by atoms with Gasteiger partial charge in [0.25, 0.3) is 0 Å². The van der Waals surface area contributed by atoms with Gasteiger partial charge in [0, 0.05) is 12.2 Å². The fourth-order valence-electron chi connectivity index (χ4n) is 1.50. The summed E-state index contributed by atoms with van der Waals surface area (Å²) in [6.07, 6.45) is 2.34. The van der Waals surface area contributed by atoms with Crippen molar-refractivity contribution in [3.63, 3.8) is 0 Å². The number of rotatable bonds is 6. The molecule has 0 radical (unpaired) electrons. The molecule has 0 bridgehead atoms. The highest BCUT2D eigenvalue weighted by molar-refractivity contribution is 5.93. The van der Waals surface area contributed by atoms with Crippen LogP contribution in [0.3, 0.4) is 0 Å². The molecule has 0 aromatic heterocycles. The second-order valence-electron chi connectivity index (χ2n) is 4.54. The molecule has 19 heavy (non-hydrogen) atoms. The van der Waals surface area contributed by atoms with E-state index in [2.05, 4.69) is 22.7 Å². The molecule has 0 amide bonds. The standard InChI is InChI=1S/C14H24N4O/c1-4-5-10-16-14(18-15)17-12-6-8-13(9-7-12)19-11(2)3/h6-9,11H,4-5,10,15H2,1-3H3,(H2,16,17,18). The predicted molar refractivity (Wildman–Crippen MR) is 80.4 cm³/mol. The summed E-state index contributed by atoms with van der Waals surface area (Å²) < 4.78 is 5.58.